The Morgan fingerprint density at radius 1 is 0.393 bits per heavy atom. The van der Waals surface area contributed by atoms with Crippen LogP contribution in [0, 0.1) is 0 Å². The molecule has 0 aromatic carbocycles. The lowest BCUT2D eigenvalue weighted by molar-refractivity contribution is 0.451. The Balaban J connectivity index is 5.01. The molecular weight excluding hydrogens is 520 g/mol. The summed E-state index contributed by atoms with van der Waals surface area (Å²) in [6, 6.07) is 0. The van der Waals surface area contributed by atoms with Crippen LogP contribution in [0.4, 0.5) is 0 Å². The van der Waals surface area contributed by atoms with Crippen molar-refractivity contribution < 1.29 is 66.9 Å². The average molecular weight is 535 g/mol. The molecule has 0 saturated carbocycles. The van der Waals surface area contributed by atoms with E-state index < -0.39 is 95.2 Å². The van der Waals surface area contributed by atoms with Gasteiger partial charge in [-0.1, -0.05) is 0 Å². The molecule has 16 nitrogen and oxygen atoms in total. The van der Waals surface area contributed by atoms with Crippen LogP contribution >= 0.6 is 0 Å². The van der Waals surface area contributed by atoms with Gasteiger partial charge in [-0.25, -0.2) is 0 Å². The maximum atomic E-state index is 11.4. The second-order valence-electron chi connectivity index (χ2n) is 4.76. The lowest BCUT2D eigenvalue weighted by Crippen LogP contribution is -2.28. The van der Waals surface area contributed by atoms with E-state index >= 15 is 0 Å². The van der Waals surface area contributed by atoms with Crippen molar-refractivity contribution in [3.05, 3.63) is 0 Å². The van der Waals surface area contributed by atoms with Gasteiger partial charge < -0.3 is 0 Å². The summed E-state index contributed by atoms with van der Waals surface area (Å²) in [5, 5.41) is 0. The zero-order chi connectivity index (χ0) is 22.7. The molecule has 0 rings (SSSR count). The van der Waals surface area contributed by atoms with Crippen molar-refractivity contribution in [1.82, 2.24) is 0 Å². The Bertz CT molecular complexity index is 1080. The molecule has 0 aromatic rings. The minimum atomic E-state index is -5.19. The Morgan fingerprint density at radius 2 is 0.571 bits per heavy atom. The van der Waals surface area contributed by atoms with Gasteiger partial charge in [-0.05, 0) is 0 Å². The van der Waals surface area contributed by atoms with E-state index in [1.165, 1.54) is 0 Å². The van der Waals surface area contributed by atoms with Crippen LogP contribution < -0.4 is 0 Å². The van der Waals surface area contributed by atoms with E-state index in [2.05, 4.69) is 7.26 Å². The zero-order valence-electron chi connectivity index (χ0n) is 13.3. The SMILES string of the molecule is O=S(=O)(O)CCS(=O)(=O)OS(=O)(=O)CCS(=O)(=O)OS(=O)(=O)CCS(=O)(=O)O. The van der Waals surface area contributed by atoms with E-state index in [9.17, 15) is 50.5 Å². The van der Waals surface area contributed by atoms with Gasteiger partial charge in [0.1, 0.15) is 0 Å². The van der Waals surface area contributed by atoms with E-state index in [0.717, 1.165) is 0 Å². The molecule has 28 heavy (non-hydrogen) atoms. The van der Waals surface area contributed by atoms with Crippen molar-refractivity contribution in [2.24, 2.45) is 0 Å². The maximum Gasteiger partial charge on any atom is 0.282 e. The zero-order valence-corrected chi connectivity index (χ0v) is 18.2. The predicted molar refractivity (Wildman–Crippen MR) is 90.1 cm³/mol. The summed E-state index contributed by atoms with van der Waals surface area (Å²) >= 11 is 0. The fraction of sp³-hybridized carbons (Fsp3) is 1.00. The number of rotatable bonds is 13. The average Bonchev–Trinajstić information content (AvgIpc) is 2.38. The van der Waals surface area contributed by atoms with E-state index in [1.54, 1.807) is 0 Å². The monoisotopic (exact) mass is 534 g/mol. The molecule has 0 bridgehead atoms. The third kappa shape index (κ3) is 14.5. The highest BCUT2D eigenvalue weighted by Gasteiger charge is 2.30. The minimum absolute atomic E-state index is 1.42. The molecule has 0 amide bonds. The first-order chi connectivity index (χ1) is 12.0. The summed E-state index contributed by atoms with van der Waals surface area (Å²) in [6.45, 7) is 0. The van der Waals surface area contributed by atoms with Crippen LogP contribution in [0.25, 0.3) is 0 Å². The summed E-state index contributed by atoms with van der Waals surface area (Å²) in [5.41, 5.74) is 0. The molecular formula is C6H14O16S6. The molecule has 0 aliphatic rings. The quantitative estimate of drug-likeness (QED) is 0.214. The second-order valence-corrected chi connectivity index (χ2v) is 15.1. The normalized spacial score (nSPS) is 14.8. The van der Waals surface area contributed by atoms with Crippen molar-refractivity contribution in [3.63, 3.8) is 0 Å². The Hall–Kier alpha value is -0.460. The summed E-state index contributed by atoms with van der Waals surface area (Å²) in [4.78, 5) is 0. The number of hydrogen-bond donors (Lipinski definition) is 2. The lowest BCUT2D eigenvalue weighted by atomic mass is 11.0. The van der Waals surface area contributed by atoms with Crippen LogP contribution in [-0.4, -0.2) is 94.1 Å². The summed E-state index contributed by atoms with van der Waals surface area (Å²) in [7, 11) is -30.1. The third-order valence-electron chi connectivity index (χ3n) is 2.18. The van der Waals surface area contributed by atoms with Crippen molar-refractivity contribution in [3.8, 4) is 0 Å². The Morgan fingerprint density at radius 3 is 0.750 bits per heavy atom. The van der Waals surface area contributed by atoms with Gasteiger partial charge in [0.25, 0.3) is 60.7 Å². The highest BCUT2D eigenvalue weighted by Crippen LogP contribution is 2.08. The highest BCUT2D eigenvalue weighted by molar-refractivity contribution is 8.02. The Kier molecular flexibility index (Phi) is 8.98. The molecule has 0 radical (unpaired) electrons. The maximum absolute atomic E-state index is 11.4. The van der Waals surface area contributed by atoms with Crippen LogP contribution in [0.1, 0.15) is 0 Å². The van der Waals surface area contributed by atoms with Crippen LogP contribution in [0.3, 0.4) is 0 Å². The third-order valence-corrected chi connectivity index (χ3v) is 10.5. The highest BCUT2D eigenvalue weighted by atomic mass is 32.3. The first-order valence-corrected chi connectivity index (χ1v) is 15.8. The van der Waals surface area contributed by atoms with Gasteiger partial charge in [-0.2, -0.15) is 50.5 Å². The van der Waals surface area contributed by atoms with Gasteiger partial charge >= 0.3 is 0 Å². The topological polar surface area (TPSA) is 264 Å². The van der Waals surface area contributed by atoms with Crippen LogP contribution in [0.5, 0.6) is 0 Å². The molecule has 0 spiro atoms. The smallest absolute Gasteiger partial charge is 0.282 e. The predicted octanol–water partition coefficient (Wildman–Crippen LogP) is -3.89. The van der Waals surface area contributed by atoms with Gasteiger partial charge in [0.05, 0.1) is 34.5 Å². The first kappa shape index (κ1) is 27.5. The molecule has 0 aromatic heterocycles. The number of hydrogen-bond acceptors (Lipinski definition) is 14. The summed E-state index contributed by atoms with van der Waals surface area (Å²) in [6.07, 6.45) is 0. The van der Waals surface area contributed by atoms with Gasteiger partial charge in [-0.3, -0.25) is 9.11 Å². The van der Waals surface area contributed by atoms with Crippen LogP contribution in [0.2, 0.25) is 0 Å². The molecule has 0 aliphatic carbocycles. The molecule has 0 unspecified atom stereocenters. The van der Waals surface area contributed by atoms with E-state index in [4.69, 9.17) is 9.11 Å². The van der Waals surface area contributed by atoms with Gasteiger partial charge in [-0.15, -0.1) is 7.26 Å². The molecule has 0 fully saturated rings. The summed E-state index contributed by atoms with van der Waals surface area (Å²) in [5.74, 6) is -9.10. The fourth-order valence-corrected chi connectivity index (χ4v) is 9.64. The van der Waals surface area contributed by atoms with Crippen LogP contribution in [-0.2, 0) is 68.0 Å². The first-order valence-electron chi connectivity index (χ1n) is 6.26. The fourth-order valence-electron chi connectivity index (χ4n) is 1.07. The van der Waals surface area contributed by atoms with Gasteiger partial charge in [0.15, 0.2) is 0 Å². The molecule has 170 valence electrons. The Labute approximate surface area is 161 Å². The van der Waals surface area contributed by atoms with Gasteiger partial charge in [0.2, 0.25) is 0 Å². The summed E-state index contributed by atoms with van der Waals surface area (Å²) < 4.78 is 157. The second kappa shape index (κ2) is 9.13. The van der Waals surface area contributed by atoms with E-state index in [0.29, 0.717) is 0 Å². The molecule has 0 aliphatic heterocycles. The van der Waals surface area contributed by atoms with Crippen molar-refractivity contribution >= 4 is 60.7 Å². The molecule has 22 heteroatoms. The molecule has 2 N–H and O–H groups in total. The van der Waals surface area contributed by atoms with E-state index in [1.807, 2.05) is 0 Å². The molecule has 0 saturated heterocycles. The minimum Gasteiger partial charge on any atom is -0.286 e. The lowest BCUT2D eigenvalue weighted by Gasteiger charge is -2.07. The van der Waals surface area contributed by atoms with Crippen molar-refractivity contribution in [1.29, 1.82) is 0 Å². The van der Waals surface area contributed by atoms with Gasteiger partial charge in [0, 0.05) is 0 Å². The van der Waals surface area contributed by atoms with Crippen LogP contribution in [0.15, 0.2) is 0 Å². The standard InChI is InChI=1S/C6H14O16S6/c7-23(8,9)1-3-25(13,14)21-27(17,18)5-6-28(19,20)22-26(15,16)4-2-24(10,11)12/h1-6H2,(H,7,8,9)(H,10,11,12). The van der Waals surface area contributed by atoms with Crippen molar-refractivity contribution in [2.45, 2.75) is 0 Å². The largest absolute Gasteiger partial charge is 0.286 e. The van der Waals surface area contributed by atoms with E-state index in [-0.39, 0.29) is 0 Å². The van der Waals surface area contributed by atoms with Crippen molar-refractivity contribution in [2.75, 3.05) is 34.5 Å². The molecule has 0 atom stereocenters. The molecule has 0 heterocycles.